The van der Waals surface area contributed by atoms with Crippen molar-refractivity contribution in [3.63, 3.8) is 0 Å². The molecule has 0 amide bonds. The predicted molar refractivity (Wildman–Crippen MR) is 139 cm³/mol. The van der Waals surface area contributed by atoms with Crippen LogP contribution in [0.2, 0.25) is 0 Å². The van der Waals surface area contributed by atoms with E-state index in [1.54, 1.807) is 24.3 Å². The highest BCUT2D eigenvalue weighted by molar-refractivity contribution is 7.92. The van der Waals surface area contributed by atoms with Crippen LogP contribution < -0.4 is 0 Å². The number of hydrogen-bond acceptors (Lipinski definition) is 5. The third-order valence-corrected chi connectivity index (χ3v) is 7.87. The standard InChI is InChI=1S/C28H31N3O3S/c1-5-27-30-28-21(4)29-20(3)17-26(28)31(27)23-13-11-22(12-14-23)7-6-8-24(32)18-35(33,34)25-15-9-19(2)10-16-25/h9-17H,5-8,18H2,1-4H3. The molecule has 0 aliphatic heterocycles. The van der Waals surface area contributed by atoms with Crippen LogP contribution in [0, 0.1) is 20.8 Å². The smallest absolute Gasteiger partial charge is 0.185 e. The molecular weight excluding hydrogens is 458 g/mol. The van der Waals surface area contributed by atoms with Gasteiger partial charge in [-0.15, -0.1) is 0 Å². The first-order chi connectivity index (χ1) is 16.7. The molecule has 2 heterocycles. The van der Waals surface area contributed by atoms with E-state index in [9.17, 15) is 13.2 Å². The van der Waals surface area contributed by atoms with Crippen molar-refractivity contribution < 1.29 is 13.2 Å². The minimum atomic E-state index is -3.60. The van der Waals surface area contributed by atoms with Crippen LogP contribution in [0.5, 0.6) is 0 Å². The Hall–Kier alpha value is -3.32. The number of sulfone groups is 1. The molecule has 0 fully saturated rings. The van der Waals surface area contributed by atoms with Crippen LogP contribution in [-0.4, -0.2) is 34.5 Å². The molecule has 0 aliphatic carbocycles. The van der Waals surface area contributed by atoms with Gasteiger partial charge in [0.25, 0.3) is 0 Å². The summed E-state index contributed by atoms with van der Waals surface area (Å²) >= 11 is 0. The number of aryl methyl sites for hydroxylation is 5. The third-order valence-electron chi connectivity index (χ3n) is 6.18. The van der Waals surface area contributed by atoms with Crippen molar-refractivity contribution in [2.24, 2.45) is 0 Å². The van der Waals surface area contributed by atoms with Crippen LogP contribution in [0.3, 0.4) is 0 Å². The molecule has 6 nitrogen and oxygen atoms in total. The van der Waals surface area contributed by atoms with Gasteiger partial charge in [-0.25, -0.2) is 13.4 Å². The van der Waals surface area contributed by atoms with Gasteiger partial charge in [0.2, 0.25) is 0 Å². The molecular formula is C28H31N3O3S. The van der Waals surface area contributed by atoms with E-state index in [1.165, 1.54) is 0 Å². The Morgan fingerprint density at radius 2 is 1.63 bits per heavy atom. The van der Waals surface area contributed by atoms with Gasteiger partial charge in [0.05, 0.1) is 16.1 Å². The monoisotopic (exact) mass is 489 g/mol. The molecule has 0 radical (unpaired) electrons. The van der Waals surface area contributed by atoms with Gasteiger partial charge in [0.15, 0.2) is 9.84 Å². The van der Waals surface area contributed by atoms with E-state index >= 15 is 0 Å². The first kappa shape index (κ1) is 24.8. The number of ketones is 1. The Morgan fingerprint density at radius 1 is 0.943 bits per heavy atom. The van der Waals surface area contributed by atoms with Gasteiger partial charge in [0.1, 0.15) is 22.9 Å². The number of nitrogens with zero attached hydrogens (tertiary/aromatic N) is 3. The van der Waals surface area contributed by atoms with Crippen molar-refractivity contribution in [3.8, 4) is 5.69 Å². The maximum absolute atomic E-state index is 12.5. The minimum absolute atomic E-state index is 0.201. The number of imidazole rings is 1. The summed E-state index contributed by atoms with van der Waals surface area (Å²) in [5.74, 6) is 0.290. The summed E-state index contributed by atoms with van der Waals surface area (Å²) in [4.78, 5) is 21.9. The molecule has 0 aliphatic rings. The Balaban J connectivity index is 1.41. The number of pyridine rings is 1. The van der Waals surface area contributed by atoms with E-state index in [0.29, 0.717) is 12.8 Å². The molecule has 35 heavy (non-hydrogen) atoms. The highest BCUT2D eigenvalue weighted by Gasteiger charge is 2.19. The summed E-state index contributed by atoms with van der Waals surface area (Å²) in [6.45, 7) is 7.97. The molecule has 0 bridgehead atoms. The summed E-state index contributed by atoms with van der Waals surface area (Å²) in [5, 5.41) is 0. The van der Waals surface area contributed by atoms with E-state index in [1.807, 2.05) is 20.8 Å². The second-order valence-electron chi connectivity index (χ2n) is 9.06. The number of carbonyl (C=O) groups is 1. The summed E-state index contributed by atoms with van der Waals surface area (Å²) in [6, 6.07) is 17.0. The minimum Gasteiger partial charge on any atom is -0.299 e. The van der Waals surface area contributed by atoms with Crippen LogP contribution >= 0.6 is 0 Å². The lowest BCUT2D eigenvalue weighted by Crippen LogP contribution is -2.16. The Bertz CT molecular complexity index is 1470. The molecule has 2 aromatic heterocycles. The maximum atomic E-state index is 12.5. The van der Waals surface area contributed by atoms with Crippen molar-refractivity contribution in [2.45, 2.75) is 58.3 Å². The maximum Gasteiger partial charge on any atom is 0.185 e. The van der Waals surface area contributed by atoms with Gasteiger partial charge in [0, 0.05) is 24.2 Å². The molecule has 182 valence electrons. The molecule has 0 atom stereocenters. The molecule has 0 spiro atoms. The van der Waals surface area contributed by atoms with Crippen LogP contribution in [0.1, 0.15) is 48.1 Å². The van der Waals surface area contributed by atoms with Gasteiger partial charge < -0.3 is 0 Å². The van der Waals surface area contributed by atoms with Crippen LogP contribution in [0.15, 0.2) is 59.5 Å². The third kappa shape index (κ3) is 5.51. The Morgan fingerprint density at radius 3 is 2.29 bits per heavy atom. The molecule has 0 saturated carbocycles. The number of hydrogen-bond donors (Lipinski definition) is 0. The average molecular weight is 490 g/mol. The first-order valence-corrected chi connectivity index (χ1v) is 13.6. The lowest BCUT2D eigenvalue weighted by Gasteiger charge is -2.10. The van der Waals surface area contributed by atoms with Crippen LogP contribution in [-0.2, 0) is 27.5 Å². The van der Waals surface area contributed by atoms with Crippen molar-refractivity contribution in [1.82, 2.24) is 14.5 Å². The zero-order valence-electron chi connectivity index (χ0n) is 20.7. The van der Waals surface area contributed by atoms with E-state index in [2.05, 4.69) is 46.8 Å². The highest BCUT2D eigenvalue weighted by atomic mass is 32.2. The summed E-state index contributed by atoms with van der Waals surface area (Å²) in [7, 11) is -3.60. The zero-order chi connectivity index (χ0) is 25.2. The SMILES string of the molecule is CCc1nc2c(C)nc(C)cc2n1-c1ccc(CCCC(=O)CS(=O)(=O)c2ccc(C)cc2)cc1. The van der Waals surface area contributed by atoms with Gasteiger partial charge >= 0.3 is 0 Å². The Kier molecular flexibility index (Phi) is 7.17. The van der Waals surface area contributed by atoms with Crippen molar-refractivity contribution in [2.75, 3.05) is 5.75 Å². The number of aromatic nitrogens is 3. The van der Waals surface area contributed by atoms with Gasteiger partial charge in [-0.05, 0) is 69.5 Å². The summed E-state index contributed by atoms with van der Waals surface area (Å²) in [5.41, 5.74) is 7.01. The molecule has 0 N–H and O–H groups in total. The van der Waals surface area contributed by atoms with E-state index in [0.717, 1.165) is 51.5 Å². The highest BCUT2D eigenvalue weighted by Crippen LogP contribution is 2.25. The Labute approximate surface area is 207 Å². The molecule has 0 unspecified atom stereocenters. The lowest BCUT2D eigenvalue weighted by atomic mass is 10.1. The fraction of sp³-hybridized carbons (Fsp3) is 0.321. The number of rotatable bonds is 9. The van der Waals surface area contributed by atoms with E-state index < -0.39 is 15.6 Å². The number of Topliss-reactive ketones (excluding diaryl/α,β-unsaturated/α-hetero) is 1. The van der Waals surface area contributed by atoms with Crippen LogP contribution in [0.25, 0.3) is 16.7 Å². The van der Waals surface area contributed by atoms with E-state index in [4.69, 9.17) is 4.98 Å². The summed E-state index contributed by atoms with van der Waals surface area (Å²) < 4.78 is 27.2. The van der Waals surface area contributed by atoms with Crippen LogP contribution in [0.4, 0.5) is 0 Å². The lowest BCUT2D eigenvalue weighted by molar-refractivity contribution is -0.116. The van der Waals surface area contributed by atoms with Gasteiger partial charge in [-0.2, -0.15) is 0 Å². The van der Waals surface area contributed by atoms with Crippen molar-refractivity contribution in [1.29, 1.82) is 0 Å². The van der Waals surface area contributed by atoms with E-state index in [-0.39, 0.29) is 17.1 Å². The second-order valence-corrected chi connectivity index (χ2v) is 11.1. The predicted octanol–water partition coefficient (Wildman–Crippen LogP) is 5.27. The van der Waals surface area contributed by atoms with Gasteiger partial charge in [-0.3, -0.25) is 14.3 Å². The van der Waals surface area contributed by atoms with Gasteiger partial charge in [-0.1, -0.05) is 36.8 Å². The number of carbonyl (C=O) groups excluding carboxylic acids is 1. The zero-order valence-corrected chi connectivity index (χ0v) is 21.5. The number of benzene rings is 2. The molecule has 4 rings (SSSR count). The largest absolute Gasteiger partial charge is 0.299 e. The second kappa shape index (κ2) is 10.1. The molecule has 2 aromatic carbocycles. The number of fused-ring (bicyclic) bond motifs is 1. The first-order valence-electron chi connectivity index (χ1n) is 11.9. The molecule has 4 aromatic rings. The topological polar surface area (TPSA) is 81.9 Å². The van der Waals surface area contributed by atoms with Crippen molar-refractivity contribution in [3.05, 3.63) is 82.9 Å². The normalized spacial score (nSPS) is 11.8. The quantitative estimate of drug-likeness (QED) is 0.320. The average Bonchev–Trinajstić information content (AvgIpc) is 3.18. The molecule has 7 heteroatoms. The summed E-state index contributed by atoms with van der Waals surface area (Å²) in [6.07, 6.45) is 2.37. The van der Waals surface area contributed by atoms with Crippen molar-refractivity contribution >= 4 is 26.7 Å². The molecule has 0 saturated heterocycles. The fourth-order valence-corrected chi connectivity index (χ4v) is 5.65. The fourth-order valence-electron chi connectivity index (χ4n) is 4.37.